The number of nitrogens with one attached hydrogen (secondary N) is 2. The van der Waals surface area contributed by atoms with E-state index in [2.05, 4.69) is 15.4 Å². The first-order valence-electron chi connectivity index (χ1n) is 6.33. The Morgan fingerprint density at radius 1 is 1.35 bits per heavy atom. The summed E-state index contributed by atoms with van der Waals surface area (Å²) in [6, 6.07) is -0.491. The smallest absolute Gasteiger partial charge is 0.372 e. The third kappa shape index (κ3) is 3.21. The summed E-state index contributed by atoms with van der Waals surface area (Å²) >= 11 is 0. The van der Waals surface area contributed by atoms with Gasteiger partial charge in [0.05, 0.1) is 0 Å². The lowest BCUT2D eigenvalue weighted by molar-refractivity contribution is -0.174. The molecule has 0 aromatic carbocycles. The molecule has 2 N–H and O–H groups in total. The summed E-state index contributed by atoms with van der Waals surface area (Å²) in [7, 11) is 0. The predicted octanol–water partition coefficient (Wildman–Crippen LogP) is 0.239. The Labute approximate surface area is 113 Å². The monoisotopic (exact) mass is 295 g/mol. The van der Waals surface area contributed by atoms with Gasteiger partial charge in [-0.25, -0.2) is 4.79 Å². The van der Waals surface area contributed by atoms with Crippen LogP contribution >= 0.6 is 0 Å². The van der Waals surface area contributed by atoms with E-state index < -0.39 is 24.4 Å². The van der Waals surface area contributed by atoms with Crippen molar-refractivity contribution in [1.29, 1.82) is 0 Å². The van der Waals surface area contributed by atoms with Gasteiger partial charge in [0.2, 0.25) is 0 Å². The van der Waals surface area contributed by atoms with Gasteiger partial charge >= 0.3 is 12.2 Å². The fourth-order valence-corrected chi connectivity index (χ4v) is 2.37. The number of hydrogen-bond donors (Lipinski definition) is 2. The number of carbonyl (C=O) groups excluding carboxylic acids is 2. The van der Waals surface area contributed by atoms with Crippen molar-refractivity contribution >= 4 is 11.9 Å². The van der Waals surface area contributed by atoms with Crippen LogP contribution in [0.4, 0.5) is 18.0 Å². The first-order chi connectivity index (χ1) is 9.34. The molecule has 114 valence electrons. The number of ether oxygens (including phenoxy) is 1. The molecule has 0 aromatic heterocycles. The van der Waals surface area contributed by atoms with Crippen molar-refractivity contribution < 1.29 is 27.5 Å². The highest BCUT2D eigenvalue weighted by atomic mass is 19.4. The van der Waals surface area contributed by atoms with Gasteiger partial charge in [-0.15, -0.1) is 0 Å². The minimum absolute atomic E-state index is 0.0598. The van der Waals surface area contributed by atoms with E-state index in [-0.39, 0.29) is 25.5 Å². The zero-order valence-electron chi connectivity index (χ0n) is 10.8. The molecule has 0 aromatic rings. The van der Waals surface area contributed by atoms with Crippen molar-refractivity contribution in [2.45, 2.75) is 24.6 Å². The molecular formula is C11H16F3N3O3. The SMILES string of the molecule is O=C1NC2(CCNC2)C(=O)N1CCCOCC(F)(F)F. The fourth-order valence-electron chi connectivity index (χ4n) is 2.37. The highest BCUT2D eigenvalue weighted by Crippen LogP contribution is 2.24. The summed E-state index contributed by atoms with van der Waals surface area (Å²) in [6.07, 6.45) is -3.65. The van der Waals surface area contributed by atoms with Crippen LogP contribution in [0.25, 0.3) is 0 Å². The van der Waals surface area contributed by atoms with E-state index in [0.29, 0.717) is 19.5 Å². The van der Waals surface area contributed by atoms with E-state index in [1.54, 1.807) is 0 Å². The van der Waals surface area contributed by atoms with E-state index in [1.165, 1.54) is 0 Å². The van der Waals surface area contributed by atoms with Crippen LogP contribution in [0.15, 0.2) is 0 Å². The van der Waals surface area contributed by atoms with Gasteiger partial charge in [0.15, 0.2) is 0 Å². The molecule has 6 nitrogen and oxygen atoms in total. The average Bonchev–Trinajstić information content (AvgIpc) is 2.88. The molecule has 2 aliphatic heterocycles. The number of carbonyl (C=O) groups is 2. The molecule has 2 heterocycles. The number of imide groups is 1. The van der Waals surface area contributed by atoms with Crippen LogP contribution in [0, 0.1) is 0 Å². The van der Waals surface area contributed by atoms with E-state index in [4.69, 9.17) is 0 Å². The lowest BCUT2D eigenvalue weighted by Crippen LogP contribution is -2.48. The second-order valence-corrected chi connectivity index (χ2v) is 4.92. The Bertz CT molecular complexity index is 394. The van der Waals surface area contributed by atoms with Crippen molar-refractivity contribution in [2.75, 3.05) is 32.8 Å². The molecule has 0 radical (unpaired) electrons. The highest BCUT2D eigenvalue weighted by Gasteiger charge is 2.52. The quantitative estimate of drug-likeness (QED) is 0.563. The topological polar surface area (TPSA) is 70.7 Å². The van der Waals surface area contributed by atoms with Crippen LogP contribution < -0.4 is 10.6 Å². The number of amides is 3. The summed E-state index contributed by atoms with van der Waals surface area (Å²) in [4.78, 5) is 24.9. The average molecular weight is 295 g/mol. The molecule has 20 heavy (non-hydrogen) atoms. The highest BCUT2D eigenvalue weighted by molar-refractivity contribution is 6.07. The minimum Gasteiger partial charge on any atom is -0.372 e. The Morgan fingerprint density at radius 3 is 2.70 bits per heavy atom. The molecule has 1 atom stereocenters. The Morgan fingerprint density at radius 2 is 2.10 bits per heavy atom. The number of hydrogen-bond acceptors (Lipinski definition) is 4. The van der Waals surface area contributed by atoms with Gasteiger partial charge in [-0.3, -0.25) is 9.69 Å². The molecule has 0 bridgehead atoms. The predicted molar refractivity (Wildman–Crippen MR) is 62.0 cm³/mol. The van der Waals surface area contributed by atoms with E-state index in [0.717, 1.165) is 4.90 Å². The van der Waals surface area contributed by atoms with Gasteiger partial charge in [-0.2, -0.15) is 13.2 Å². The largest absolute Gasteiger partial charge is 0.411 e. The number of rotatable bonds is 5. The van der Waals surface area contributed by atoms with Gasteiger partial charge < -0.3 is 15.4 Å². The molecule has 1 spiro atoms. The molecular weight excluding hydrogens is 279 g/mol. The molecule has 2 saturated heterocycles. The number of nitrogens with zero attached hydrogens (tertiary/aromatic N) is 1. The minimum atomic E-state index is -4.36. The van der Waals surface area contributed by atoms with Gasteiger partial charge in [-0.1, -0.05) is 0 Å². The zero-order chi connectivity index (χ0) is 14.8. The molecule has 2 fully saturated rings. The summed E-state index contributed by atoms with van der Waals surface area (Å²) in [5.74, 6) is -0.316. The van der Waals surface area contributed by atoms with E-state index >= 15 is 0 Å². The number of alkyl halides is 3. The van der Waals surface area contributed by atoms with Crippen LogP contribution in [0.3, 0.4) is 0 Å². The van der Waals surface area contributed by atoms with Gasteiger partial charge in [0.1, 0.15) is 12.1 Å². The van der Waals surface area contributed by atoms with Crippen molar-refractivity contribution in [3.63, 3.8) is 0 Å². The maximum atomic E-state index is 12.1. The lowest BCUT2D eigenvalue weighted by Gasteiger charge is -2.19. The molecule has 0 aliphatic carbocycles. The molecule has 2 aliphatic rings. The van der Waals surface area contributed by atoms with Crippen LogP contribution in [0.1, 0.15) is 12.8 Å². The fraction of sp³-hybridized carbons (Fsp3) is 0.818. The van der Waals surface area contributed by atoms with Crippen LogP contribution in [0.2, 0.25) is 0 Å². The van der Waals surface area contributed by atoms with E-state index in [1.807, 2.05) is 0 Å². The molecule has 0 saturated carbocycles. The Kier molecular flexibility index (Phi) is 4.19. The van der Waals surface area contributed by atoms with Crippen LogP contribution in [0.5, 0.6) is 0 Å². The van der Waals surface area contributed by atoms with E-state index in [9.17, 15) is 22.8 Å². The third-order valence-corrected chi connectivity index (χ3v) is 3.34. The first kappa shape index (κ1) is 15.0. The number of urea groups is 1. The molecule has 3 amide bonds. The molecule has 1 unspecified atom stereocenters. The lowest BCUT2D eigenvalue weighted by atomic mass is 9.99. The summed E-state index contributed by atoms with van der Waals surface area (Å²) in [6.45, 7) is -0.375. The third-order valence-electron chi connectivity index (χ3n) is 3.34. The van der Waals surface area contributed by atoms with Crippen molar-refractivity contribution in [3.05, 3.63) is 0 Å². The summed E-state index contributed by atoms with van der Waals surface area (Å²) in [5.41, 5.74) is -0.871. The molecule has 9 heteroatoms. The number of halogens is 3. The maximum absolute atomic E-state index is 12.1. The zero-order valence-corrected chi connectivity index (χ0v) is 10.8. The van der Waals surface area contributed by atoms with Gasteiger partial charge in [0, 0.05) is 19.7 Å². The normalized spacial score (nSPS) is 26.6. The van der Waals surface area contributed by atoms with Crippen molar-refractivity contribution in [1.82, 2.24) is 15.5 Å². The first-order valence-corrected chi connectivity index (χ1v) is 6.33. The van der Waals surface area contributed by atoms with Crippen molar-refractivity contribution in [3.8, 4) is 0 Å². The Hall–Kier alpha value is -1.35. The summed E-state index contributed by atoms with van der Waals surface area (Å²) in [5, 5.41) is 5.66. The summed E-state index contributed by atoms with van der Waals surface area (Å²) < 4.78 is 40.0. The maximum Gasteiger partial charge on any atom is 0.411 e. The standard InChI is InChI=1S/C11H16F3N3O3/c12-11(13,14)7-20-5-1-4-17-8(18)10(16-9(17)19)2-3-15-6-10/h15H,1-7H2,(H,16,19). The van der Waals surface area contributed by atoms with Crippen molar-refractivity contribution in [2.24, 2.45) is 0 Å². The van der Waals surface area contributed by atoms with Gasteiger partial charge in [0.25, 0.3) is 5.91 Å². The second-order valence-electron chi connectivity index (χ2n) is 4.92. The van der Waals surface area contributed by atoms with Crippen LogP contribution in [-0.4, -0.2) is 61.4 Å². The second kappa shape index (κ2) is 5.57. The Balaban J connectivity index is 1.76. The molecule has 2 rings (SSSR count). The van der Waals surface area contributed by atoms with Crippen LogP contribution in [-0.2, 0) is 9.53 Å². The van der Waals surface area contributed by atoms with Gasteiger partial charge in [-0.05, 0) is 19.4 Å².